The van der Waals surface area contributed by atoms with Gasteiger partial charge in [0.05, 0.1) is 19.1 Å². The number of carbonyl (C=O) groups excluding carboxylic acids is 3. The van der Waals surface area contributed by atoms with E-state index in [9.17, 15) is 24.3 Å². The molecule has 2 aromatic carbocycles. The topological polar surface area (TPSA) is 128 Å². The Balaban J connectivity index is 1.75. The fourth-order valence-electron chi connectivity index (χ4n) is 5.42. The van der Waals surface area contributed by atoms with Gasteiger partial charge >= 0.3 is 17.9 Å². The van der Waals surface area contributed by atoms with Crippen molar-refractivity contribution in [3.8, 4) is 11.5 Å². The number of para-hydroxylation sites is 1. The first-order chi connectivity index (χ1) is 18.2. The Hall–Kier alpha value is -3.88. The van der Waals surface area contributed by atoms with Gasteiger partial charge in [-0.15, -0.1) is 0 Å². The molecule has 1 aliphatic carbocycles. The van der Waals surface area contributed by atoms with E-state index in [-0.39, 0.29) is 31.9 Å². The van der Waals surface area contributed by atoms with Crippen LogP contribution in [0.5, 0.6) is 11.5 Å². The molecule has 0 heterocycles. The summed E-state index contributed by atoms with van der Waals surface area (Å²) in [7, 11) is 1.17. The number of methoxy groups -OCH3 is 1. The number of benzene rings is 2. The molecule has 0 aromatic heterocycles. The molecule has 0 aliphatic heterocycles. The number of rotatable bonds is 13. The molecular weight excluding hydrogens is 490 g/mol. The minimum absolute atomic E-state index is 0.0679. The summed E-state index contributed by atoms with van der Waals surface area (Å²) in [4.78, 5) is 50.5. The minimum Gasteiger partial charge on any atom is -0.481 e. The summed E-state index contributed by atoms with van der Waals surface area (Å²) in [6.45, 7) is 3.84. The highest BCUT2D eigenvalue weighted by molar-refractivity contribution is 5.96. The molecule has 1 aliphatic rings. The van der Waals surface area contributed by atoms with Gasteiger partial charge in [-0.25, -0.2) is 0 Å². The molecule has 1 amide bonds. The zero-order valence-electron chi connectivity index (χ0n) is 22.0. The lowest BCUT2D eigenvalue weighted by Gasteiger charge is -2.55. The van der Waals surface area contributed by atoms with Gasteiger partial charge in [0.25, 0.3) is 0 Å². The fourth-order valence-corrected chi connectivity index (χ4v) is 5.42. The molecule has 3 rings (SSSR count). The van der Waals surface area contributed by atoms with Crippen molar-refractivity contribution < 1.29 is 38.5 Å². The van der Waals surface area contributed by atoms with Gasteiger partial charge in [0.15, 0.2) is 5.92 Å². The van der Waals surface area contributed by atoms with Gasteiger partial charge in [0.2, 0.25) is 5.91 Å². The van der Waals surface area contributed by atoms with Gasteiger partial charge in [0.1, 0.15) is 11.5 Å². The van der Waals surface area contributed by atoms with E-state index in [1.807, 2.05) is 61.5 Å². The van der Waals surface area contributed by atoms with Crippen molar-refractivity contribution in [3.63, 3.8) is 0 Å². The van der Waals surface area contributed by atoms with E-state index < -0.39 is 41.1 Å². The summed E-state index contributed by atoms with van der Waals surface area (Å²) in [5.74, 6) is -4.25. The van der Waals surface area contributed by atoms with Crippen LogP contribution in [-0.2, 0) is 35.2 Å². The molecule has 38 heavy (non-hydrogen) atoms. The lowest BCUT2D eigenvalue weighted by atomic mass is 9.47. The van der Waals surface area contributed by atoms with Gasteiger partial charge in [-0.05, 0) is 61.4 Å². The van der Waals surface area contributed by atoms with Crippen LogP contribution in [0.25, 0.3) is 0 Å². The molecule has 9 heteroatoms. The molecule has 4 atom stereocenters. The molecular formula is C29H35NO8. The fraction of sp³-hybridized carbons (Fsp3) is 0.448. The van der Waals surface area contributed by atoms with Crippen LogP contribution in [0.15, 0.2) is 54.6 Å². The molecule has 1 fully saturated rings. The first-order valence-electron chi connectivity index (χ1n) is 12.8. The van der Waals surface area contributed by atoms with Crippen LogP contribution in [0.1, 0.15) is 45.1 Å². The molecule has 2 aromatic rings. The highest BCUT2D eigenvalue weighted by Crippen LogP contribution is 2.59. The van der Waals surface area contributed by atoms with Gasteiger partial charge in [-0.1, -0.05) is 43.7 Å². The molecule has 0 radical (unpaired) electrons. The van der Waals surface area contributed by atoms with Gasteiger partial charge < -0.3 is 24.6 Å². The second-order valence-corrected chi connectivity index (χ2v) is 9.47. The zero-order chi connectivity index (χ0) is 27.7. The number of carbonyl (C=O) groups is 4. The number of nitrogens with one attached hydrogen (secondary N) is 1. The maximum atomic E-state index is 13.6. The number of hydrogen-bond donors (Lipinski definition) is 2. The monoisotopic (exact) mass is 525 g/mol. The Kier molecular flexibility index (Phi) is 9.87. The maximum Gasteiger partial charge on any atom is 0.320 e. The van der Waals surface area contributed by atoms with Crippen LogP contribution in [0.3, 0.4) is 0 Å². The number of aliphatic carboxylic acids is 1. The summed E-state index contributed by atoms with van der Waals surface area (Å²) < 4.78 is 15.7. The lowest BCUT2D eigenvalue weighted by molar-refractivity contribution is -0.182. The van der Waals surface area contributed by atoms with Crippen molar-refractivity contribution >= 4 is 23.8 Å². The second-order valence-electron chi connectivity index (χ2n) is 9.47. The molecule has 3 unspecified atom stereocenters. The van der Waals surface area contributed by atoms with E-state index in [2.05, 4.69) is 5.32 Å². The van der Waals surface area contributed by atoms with E-state index in [0.717, 1.165) is 5.56 Å². The van der Waals surface area contributed by atoms with Crippen LogP contribution >= 0.6 is 0 Å². The lowest BCUT2D eigenvalue weighted by Crippen LogP contribution is -2.61. The standard InChI is InChI=1S/C29H35NO8/c1-4-15-29(17-22(23(29)16-24(31)32)25(26(33)36-3)27(34)37-5-2)28(35)30-18-19-11-13-21(14-12-19)38-20-9-7-6-8-10-20/h6-14,22-23,25H,4-5,15-18H2,1-3H3,(H,30,35)(H,31,32)/t22?,23?,25-,29?/m0/s1. The van der Waals surface area contributed by atoms with Crippen molar-refractivity contribution in [1.29, 1.82) is 0 Å². The Labute approximate surface area is 222 Å². The van der Waals surface area contributed by atoms with E-state index in [1.54, 1.807) is 6.92 Å². The molecule has 0 saturated heterocycles. The number of amides is 1. The number of carboxylic acid groups (broad SMARTS) is 1. The number of esters is 2. The van der Waals surface area contributed by atoms with E-state index >= 15 is 0 Å². The molecule has 0 bridgehead atoms. The van der Waals surface area contributed by atoms with E-state index in [0.29, 0.717) is 24.3 Å². The predicted octanol–water partition coefficient (Wildman–Crippen LogP) is 4.34. The molecule has 9 nitrogen and oxygen atoms in total. The Bertz CT molecular complexity index is 1120. The smallest absolute Gasteiger partial charge is 0.320 e. The highest BCUT2D eigenvalue weighted by atomic mass is 16.5. The van der Waals surface area contributed by atoms with Gasteiger partial charge in [0, 0.05) is 13.0 Å². The van der Waals surface area contributed by atoms with Crippen molar-refractivity contribution in [2.45, 2.75) is 46.1 Å². The summed E-state index contributed by atoms with van der Waals surface area (Å²) in [5, 5.41) is 12.6. The Morgan fingerprint density at radius 3 is 2.24 bits per heavy atom. The Morgan fingerprint density at radius 1 is 1.00 bits per heavy atom. The van der Waals surface area contributed by atoms with E-state index in [4.69, 9.17) is 14.2 Å². The van der Waals surface area contributed by atoms with Crippen LogP contribution < -0.4 is 10.1 Å². The van der Waals surface area contributed by atoms with Crippen molar-refractivity contribution in [2.24, 2.45) is 23.2 Å². The summed E-state index contributed by atoms with van der Waals surface area (Å²) >= 11 is 0. The third kappa shape index (κ3) is 6.51. The summed E-state index contributed by atoms with van der Waals surface area (Å²) in [6, 6.07) is 16.7. The number of hydrogen-bond acceptors (Lipinski definition) is 7. The Morgan fingerprint density at radius 2 is 1.66 bits per heavy atom. The average Bonchev–Trinajstić information content (AvgIpc) is 2.90. The van der Waals surface area contributed by atoms with Crippen molar-refractivity contribution in [1.82, 2.24) is 5.32 Å². The molecule has 1 saturated carbocycles. The third-order valence-electron chi connectivity index (χ3n) is 7.15. The van der Waals surface area contributed by atoms with Crippen molar-refractivity contribution in [2.75, 3.05) is 13.7 Å². The number of ether oxygens (including phenoxy) is 3. The molecule has 204 valence electrons. The first kappa shape index (κ1) is 28.7. The predicted molar refractivity (Wildman–Crippen MR) is 138 cm³/mol. The quantitative estimate of drug-likeness (QED) is 0.292. The average molecular weight is 526 g/mol. The van der Waals surface area contributed by atoms with Gasteiger partial charge in [-0.2, -0.15) is 0 Å². The van der Waals surface area contributed by atoms with E-state index in [1.165, 1.54) is 7.11 Å². The van der Waals surface area contributed by atoms with Crippen LogP contribution in [0.2, 0.25) is 0 Å². The van der Waals surface area contributed by atoms with Crippen LogP contribution in [-0.4, -0.2) is 42.6 Å². The van der Waals surface area contributed by atoms with Crippen LogP contribution in [0.4, 0.5) is 0 Å². The van der Waals surface area contributed by atoms with Crippen molar-refractivity contribution in [3.05, 3.63) is 60.2 Å². The molecule has 0 spiro atoms. The minimum atomic E-state index is -1.28. The normalized spacial score (nSPS) is 20.9. The summed E-state index contributed by atoms with van der Waals surface area (Å²) in [6.07, 6.45) is 0.890. The maximum absolute atomic E-state index is 13.6. The van der Waals surface area contributed by atoms with Gasteiger partial charge in [-0.3, -0.25) is 19.2 Å². The largest absolute Gasteiger partial charge is 0.481 e. The molecule has 2 N–H and O–H groups in total. The highest BCUT2D eigenvalue weighted by Gasteiger charge is 2.62. The zero-order valence-corrected chi connectivity index (χ0v) is 22.0. The first-order valence-corrected chi connectivity index (χ1v) is 12.8. The third-order valence-corrected chi connectivity index (χ3v) is 7.15. The SMILES string of the molecule is CCCC1(C(=O)NCc2ccc(Oc3ccccc3)cc2)CC([C@@H](C(=O)OC)C(=O)OCC)C1CC(=O)O. The van der Waals surface area contributed by atoms with Crippen LogP contribution in [0, 0.1) is 23.2 Å². The second kappa shape index (κ2) is 13.1. The summed E-state index contributed by atoms with van der Waals surface area (Å²) in [5.41, 5.74) is -0.178. The number of carboxylic acids is 1.